The van der Waals surface area contributed by atoms with Crippen molar-refractivity contribution < 1.29 is 9.84 Å². The summed E-state index contributed by atoms with van der Waals surface area (Å²) in [5.74, 6) is 1.03. The number of nitrogens with zero attached hydrogens (tertiary/aromatic N) is 2. The van der Waals surface area contributed by atoms with Gasteiger partial charge in [-0.25, -0.2) is 10.1 Å². The molecule has 0 saturated heterocycles. The van der Waals surface area contributed by atoms with Crippen LogP contribution in [0.5, 0.6) is 11.5 Å². The number of aromatic amines is 2. The molecule has 1 aromatic carbocycles. The van der Waals surface area contributed by atoms with Gasteiger partial charge in [0.25, 0.3) is 5.56 Å². The van der Waals surface area contributed by atoms with Crippen molar-refractivity contribution in [2.24, 2.45) is 0 Å². The van der Waals surface area contributed by atoms with E-state index in [9.17, 15) is 9.90 Å². The number of fused-ring (bicyclic) bond motifs is 1. The summed E-state index contributed by atoms with van der Waals surface area (Å²) < 4.78 is 5.19. The van der Waals surface area contributed by atoms with Crippen LogP contribution in [0.2, 0.25) is 0 Å². The molecule has 0 aliphatic heterocycles. The lowest BCUT2D eigenvalue weighted by molar-refractivity contribution is 0.409. The van der Waals surface area contributed by atoms with E-state index in [1.165, 1.54) is 25.4 Å². The maximum Gasteiger partial charge on any atom is 0.292 e. The van der Waals surface area contributed by atoms with Gasteiger partial charge in [-0.3, -0.25) is 4.79 Å². The Morgan fingerprint density at radius 2 is 2.21 bits per heavy atom. The lowest BCUT2D eigenvalue weighted by atomic mass is 10.2. The Labute approximate surface area is 106 Å². The van der Waals surface area contributed by atoms with Gasteiger partial charge in [-0.05, 0) is 12.1 Å². The first-order chi connectivity index (χ1) is 9.19. The van der Waals surface area contributed by atoms with E-state index in [4.69, 9.17) is 4.74 Å². The van der Waals surface area contributed by atoms with Crippen molar-refractivity contribution in [3.05, 3.63) is 34.7 Å². The summed E-state index contributed by atoms with van der Waals surface area (Å²) >= 11 is 0. The van der Waals surface area contributed by atoms with Crippen molar-refractivity contribution in [1.29, 1.82) is 0 Å². The van der Waals surface area contributed by atoms with E-state index in [-0.39, 0.29) is 16.8 Å². The zero-order valence-electron chi connectivity index (χ0n) is 9.97. The number of hydrogen-bond acceptors (Lipinski definition) is 5. The van der Waals surface area contributed by atoms with E-state index < -0.39 is 0 Å². The molecule has 0 amide bonds. The first kappa shape index (κ1) is 11.3. The zero-order valence-corrected chi connectivity index (χ0v) is 9.97. The van der Waals surface area contributed by atoms with Crippen LogP contribution < -0.4 is 10.3 Å². The van der Waals surface area contributed by atoms with Gasteiger partial charge in [0.2, 0.25) is 0 Å². The second-order valence-electron chi connectivity index (χ2n) is 3.93. The van der Waals surface area contributed by atoms with Crippen molar-refractivity contribution in [2.45, 2.75) is 0 Å². The Morgan fingerprint density at radius 1 is 1.37 bits per heavy atom. The van der Waals surface area contributed by atoms with E-state index in [1.807, 2.05) is 0 Å². The van der Waals surface area contributed by atoms with Crippen molar-refractivity contribution in [3.8, 4) is 22.9 Å². The first-order valence-corrected chi connectivity index (χ1v) is 5.50. The molecule has 0 unspecified atom stereocenters. The molecule has 2 heterocycles. The fourth-order valence-corrected chi connectivity index (χ4v) is 1.86. The summed E-state index contributed by atoms with van der Waals surface area (Å²) in [6.45, 7) is 0. The fraction of sp³-hybridized carbons (Fsp3) is 0.0833. The molecule has 0 fully saturated rings. The highest BCUT2D eigenvalue weighted by molar-refractivity contribution is 5.79. The number of nitrogens with one attached hydrogen (secondary N) is 2. The topological polar surface area (TPSA) is 104 Å². The van der Waals surface area contributed by atoms with E-state index >= 15 is 0 Å². The number of ether oxygens (including phenoxy) is 1. The maximum absolute atomic E-state index is 11.6. The quantitative estimate of drug-likeness (QED) is 0.636. The number of H-pyrrole nitrogens is 2. The number of benzene rings is 1. The van der Waals surface area contributed by atoms with Gasteiger partial charge >= 0.3 is 0 Å². The van der Waals surface area contributed by atoms with Crippen LogP contribution in [0.1, 0.15) is 0 Å². The van der Waals surface area contributed by atoms with Crippen LogP contribution in [0.3, 0.4) is 0 Å². The Bertz CT molecular complexity index is 806. The third kappa shape index (κ3) is 1.81. The molecule has 0 aliphatic rings. The molecule has 0 spiro atoms. The summed E-state index contributed by atoms with van der Waals surface area (Å²) in [5, 5.41) is 15.4. The van der Waals surface area contributed by atoms with Crippen molar-refractivity contribution in [3.63, 3.8) is 0 Å². The number of imidazole rings is 1. The average molecular weight is 258 g/mol. The molecule has 96 valence electrons. The van der Waals surface area contributed by atoms with Crippen LogP contribution in [0, 0.1) is 0 Å². The fourth-order valence-electron chi connectivity index (χ4n) is 1.86. The second-order valence-corrected chi connectivity index (χ2v) is 3.93. The molecular formula is C12H10N4O3. The minimum atomic E-state index is -0.363. The normalized spacial score (nSPS) is 10.8. The van der Waals surface area contributed by atoms with E-state index in [0.29, 0.717) is 22.7 Å². The molecule has 2 aromatic heterocycles. The molecule has 3 rings (SSSR count). The van der Waals surface area contributed by atoms with Crippen LogP contribution in [-0.2, 0) is 0 Å². The Balaban J connectivity index is 2.25. The molecule has 0 bridgehead atoms. The number of aromatic nitrogens is 4. The molecule has 0 aliphatic carbocycles. The Hall–Kier alpha value is -2.83. The molecule has 7 nitrogen and oxygen atoms in total. The SMILES string of the molecule is COc1cc(O)ccc1-c1nc2c(=O)[nH]ncc2[nH]1. The Morgan fingerprint density at radius 3 is 2.95 bits per heavy atom. The second kappa shape index (κ2) is 4.13. The van der Waals surface area contributed by atoms with E-state index in [1.54, 1.807) is 6.07 Å². The molecule has 0 atom stereocenters. The minimum absolute atomic E-state index is 0.0937. The lowest BCUT2D eigenvalue weighted by Crippen LogP contribution is -2.06. The summed E-state index contributed by atoms with van der Waals surface area (Å²) in [4.78, 5) is 18.8. The number of aromatic hydroxyl groups is 1. The van der Waals surface area contributed by atoms with E-state index in [2.05, 4.69) is 20.2 Å². The molecule has 0 radical (unpaired) electrons. The highest BCUT2D eigenvalue weighted by Crippen LogP contribution is 2.31. The van der Waals surface area contributed by atoms with Gasteiger partial charge in [-0.2, -0.15) is 5.10 Å². The van der Waals surface area contributed by atoms with Gasteiger partial charge in [-0.15, -0.1) is 0 Å². The van der Waals surface area contributed by atoms with Crippen molar-refractivity contribution in [1.82, 2.24) is 20.2 Å². The highest BCUT2D eigenvalue weighted by atomic mass is 16.5. The molecule has 7 heteroatoms. The largest absolute Gasteiger partial charge is 0.508 e. The van der Waals surface area contributed by atoms with Gasteiger partial charge in [0.05, 0.1) is 24.4 Å². The highest BCUT2D eigenvalue weighted by Gasteiger charge is 2.12. The van der Waals surface area contributed by atoms with Gasteiger partial charge in [0.15, 0.2) is 5.52 Å². The summed E-state index contributed by atoms with van der Waals surface area (Å²) in [5.41, 5.74) is 1.10. The van der Waals surface area contributed by atoms with Crippen molar-refractivity contribution >= 4 is 11.0 Å². The maximum atomic E-state index is 11.6. The molecule has 3 N–H and O–H groups in total. The predicted molar refractivity (Wildman–Crippen MR) is 68.2 cm³/mol. The standard InChI is InChI=1S/C12H10N4O3/c1-19-9-4-6(17)2-3-7(9)11-14-8-5-13-16-12(18)10(8)15-11/h2-5,17H,1H3,(H,14,15)(H,16,18). The first-order valence-electron chi connectivity index (χ1n) is 5.50. The zero-order chi connectivity index (χ0) is 13.4. The van der Waals surface area contributed by atoms with Gasteiger partial charge < -0.3 is 14.8 Å². The number of phenols is 1. The third-order valence-electron chi connectivity index (χ3n) is 2.75. The van der Waals surface area contributed by atoms with Crippen molar-refractivity contribution in [2.75, 3.05) is 7.11 Å². The third-order valence-corrected chi connectivity index (χ3v) is 2.75. The predicted octanol–water partition coefficient (Wildman–Crippen LogP) is 1.03. The monoisotopic (exact) mass is 258 g/mol. The molecule has 3 aromatic rings. The van der Waals surface area contributed by atoms with Crippen LogP contribution >= 0.6 is 0 Å². The van der Waals surface area contributed by atoms with Crippen LogP contribution in [0.15, 0.2) is 29.2 Å². The molecule has 0 saturated carbocycles. The van der Waals surface area contributed by atoms with E-state index in [0.717, 1.165) is 0 Å². The number of hydrogen-bond donors (Lipinski definition) is 3. The molecule has 19 heavy (non-hydrogen) atoms. The molecular weight excluding hydrogens is 248 g/mol. The lowest BCUT2D eigenvalue weighted by Gasteiger charge is -2.06. The average Bonchev–Trinajstić information content (AvgIpc) is 2.83. The van der Waals surface area contributed by atoms with Gasteiger partial charge in [0.1, 0.15) is 17.3 Å². The smallest absolute Gasteiger partial charge is 0.292 e. The van der Waals surface area contributed by atoms with Crippen LogP contribution in [0.25, 0.3) is 22.4 Å². The van der Waals surface area contributed by atoms with Gasteiger partial charge in [0, 0.05) is 6.07 Å². The number of methoxy groups -OCH3 is 1. The summed E-state index contributed by atoms with van der Waals surface area (Å²) in [6.07, 6.45) is 1.49. The summed E-state index contributed by atoms with van der Waals surface area (Å²) in [7, 11) is 1.50. The van der Waals surface area contributed by atoms with Crippen LogP contribution in [0.4, 0.5) is 0 Å². The van der Waals surface area contributed by atoms with Gasteiger partial charge in [-0.1, -0.05) is 0 Å². The minimum Gasteiger partial charge on any atom is -0.508 e. The summed E-state index contributed by atoms with van der Waals surface area (Å²) in [6, 6.07) is 4.66. The number of phenolic OH excluding ortho intramolecular Hbond substituents is 1. The number of rotatable bonds is 2. The van der Waals surface area contributed by atoms with Crippen LogP contribution in [-0.4, -0.2) is 32.4 Å². The Kier molecular flexibility index (Phi) is 2.45.